The van der Waals surface area contributed by atoms with Crippen LogP contribution in [0, 0.1) is 0 Å². The van der Waals surface area contributed by atoms with E-state index in [1.54, 1.807) is 23.3 Å². The van der Waals surface area contributed by atoms with Gasteiger partial charge >= 0.3 is 0 Å². The van der Waals surface area contributed by atoms with Crippen LogP contribution in [0.1, 0.15) is 5.69 Å². The van der Waals surface area contributed by atoms with Crippen molar-refractivity contribution in [3.05, 3.63) is 24.3 Å². The van der Waals surface area contributed by atoms with Crippen molar-refractivity contribution >= 4 is 11.6 Å². The predicted molar refractivity (Wildman–Crippen MR) is 65.9 cm³/mol. The highest BCUT2D eigenvalue weighted by molar-refractivity contribution is 5.73. The van der Waals surface area contributed by atoms with E-state index < -0.39 is 5.91 Å². The number of anilines is 1. The fourth-order valence-corrected chi connectivity index (χ4v) is 1.52. The first-order chi connectivity index (χ1) is 9.17. The van der Waals surface area contributed by atoms with Gasteiger partial charge in [0.1, 0.15) is 12.2 Å². The van der Waals surface area contributed by atoms with Crippen LogP contribution in [0.3, 0.4) is 0 Å². The molecule has 0 aliphatic heterocycles. The summed E-state index contributed by atoms with van der Waals surface area (Å²) in [6, 6.07) is 0. The number of primary amides is 1. The van der Waals surface area contributed by atoms with Crippen LogP contribution in [0.4, 0.5) is 5.69 Å². The van der Waals surface area contributed by atoms with Crippen molar-refractivity contribution in [1.82, 2.24) is 24.8 Å². The van der Waals surface area contributed by atoms with E-state index in [0.717, 1.165) is 11.4 Å². The SMILES string of the molecule is NC(=O)Cn1cc(NCc2cn(CCO)nn2)cn1. The first kappa shape index (κ1) is 13.0. The lowest BCUT2D eigenvalue weighted by atomic mass is 10.4. The molecule has 0 aliphatic rings. The maximum Gasteiger partial charge on any atom is 0.239 e. The van der Waals surface area contributed by atoms with Gasteiger partial charge in [-0.05, 0) is 0 Å². The molecule has 0 spiro atoms. The van der Waals surface area contributed by atoms with Gasteiger partial charge in [0, 0.05) is 6.20 Å². The van der Waals surface area contributed by atoms with Gasteiger partial charge in [-0.15, -0.1) is 5.10 Å². The molecule has 0 saturated carbocycles. The summed E-state index contributed by atoms with van der Waals surface area (Å²) in [7, 11) is 0. The van der Waals surface area contributed by atoms with E-state index in [1.807, 2.05) is 0 Å². The Morgan fingerprint density at radius 1 is 1.42 bits per heavy atom. The third kappa shape index (κ3) is 3.78. The molecule has 4 N–H and O–H groups in total. The Bertz CT molecular complexity index is 548. The molecule has 2 aromatic heterocycles. The number of carbonyl (C=O) groups excluding carboxylic acids is 1. The summed E-state index contributed by atoms with van der Waals surface area (Å²) in [5.41, 5.74) is 6.58. The van der Waals surface area contributed by atoms with E-state index in [9.17, 15) is 4.79 Å². The van der Waals surface area contributed by atoms with Crippen molar-refractivity contribution in [2.24, 2.45) is 5.73 Å². The van der Waals surface area contributed by atoms with Gasteiger partial charge in [0.2, 0.25) is 5.91 Å². The Balaban J connectivity index is 1.87. The number of aromatic nitrogens is 5. The zero-order valence-electron chi connectivity index (χ0n) is 10.2. The van der Waals surface area contributed by atoms with Crippen LogP contribution in [0.5, 0.6) is 0 Å². The molecule has 19 heavy (non-hydrogen) atoms. The normalized spacial score (nSPS) is 10.6. The van der Waals surface area contributed by atoms with Crippen LogP contribution in [0.15, 0.2) is 18.6 Å². The van der Waals surface area contributed by atoms with E-state index >= 15 is 0 Å². The maximum absolute atomic E-state index is 10.7. The summed E-state index contributed by atoms with van der Waals surface area (Å²) in [5, 5.41) is 23.6. The minimum atomic E-state index is -0.443. The molecule has 2 rings (SSSR count). The number of aliphatic hydroxyl groups is 1. The van der Waals surface area contributed by atoms with Crippen molar-refractivity contribution in [2.45, 2.75) is 19.6 Å². The quantitative estimate of drug-likeness (QED) is 0.563. The molecule has 102 valence electrons. The minimum absolute atomic E-state index is 0.0239. The summed E-state index contributed by atoms with van der Waals surface area (Å²) in [6.07, 6.45) is 5.03. The number of carbonyl (C=O) groups is 1. The molecule has 0 aromatic carbocycles. The van der Waals surface area contributed by atoms with E-state index in [2.05, 4.69) is 20.7 Å². The van der Waals surface area contributed by atoms with E-state index in [1.165, 1.54) is 4.68 Å². The van der Waals surface area contributed by atoms with Crippen LogP contribution in [-0.2, 0) is 24.4 Å². The molecular weight excluding hydrogens is 250 g/mol. The van der Waals surface area contributed by atoms with E-state index in [-0.39, 0.29) is 13.2 Å². The van der Waals surface area contributed by atoms with E-state index in [4.69, 9.17) is 10.8 Å². The number of nitrogens with zero attached hydrogens (tertiary/aromatic N) is 5. The van der Waals surface area contributed by atoms with Crippen LogP contribution in [-0.4, -0.2) is 42.4 Å². The topological polar surface area (TPSA) is 124 Å². The molecule has 0 atom stereocenters. The number of nitrogens with one attached hydrogen (secondary N) is 1. The Labute approximate surface area is 109 Å². The van der Waals surface area contributed by atoms with Crippen molar-refractivity contribution in [3.63, 3.8) is 0 Å². The number of amides is 1. The monoisotopic (exact) mass is 265 g/mol. The van der Waals surface area contributed by atoms with Gasteiger partial charge < -0.3 is 16.2 Å². The van der Waals surface area contributed by atoms with Crippen molar-refractivity contribution < 1.29 is 9.90 Å². The first-order valence-electron chi connectivity index (χ1n) is 5.72. The zero-order chi connectivity index (χ0) is 13.7. The number of rotatable bonds is 7. The molecule has 9 nitrogen and oxygen atoms in total. The third-order valence-corrected chi connectivity index (χ3v) is 2.34. The lowest BCUT2D eigenvalue weighted by Crippen LogP contribution is -2.18. The number of hydrogen-bond donors (Lipinski definition) is 3. The summed E-state index contributed by atoms with van der Waals surface area (Å²) in [4.78, 5) is 10.7. The second-order valence-corrected chi connectivity index (χ2v) is 3.94. The van der Waals surface area contributed by atoms with Crippen LogP contribution < -0.4 is 11.1 Å². The lowest BCUT2D eigenvalue weighted by molar-refractivity contribution is -0.118. The predicted octanol–water partition coefficient (Wildman–Crippen LogP) is -1.44. The highest BCUT2D eigenvalue weighted by Gasteiger charge is 2.03. The molecule has 2 heterocycles. The summed E-state index contributed by atoms with van der Waals surface area (Å²) < 4.78 is 3.01. The van der Waals surface area contributed by atoms with E-state index in [0.29, 0.717) is 13.1 Å². The molecule has 1 amide bonds. The minimum Gasteiger partial charge on any atom is -0.394 e. The van der Waals surface area contributed by atoms with Gasteiger partial charge in [-0.1, -0.05) is 5.21 Å². The highest BCUT2D eigenvalue weighted by Crippen LogP contribution is 2.06. The summed E-state index contributed by atoms with van der Waals surface area (Å²) in [6.45, 7) is 0.974. The molecule has 9 heteroatoms. The van der Waals surface area contributed by atoms with Gasteiger partial charge in [-0.3, -0.25) is 9.48 Å². The Hall–Kier alpha value is -2.42. The van der Waals surface area contributed by atoms with Crippen LogP contribution in [0.2, 0.25) is 0 Å². The Morgan fingerprint density at radius 3 is 3.00 bits per heavy atom. The first-order valence-corrected chi connectivity index (χ1v) is 5.72. The maximum atomic E-state index is 10.7. The molecule has 2 aromatic rings. The number of hydrogen-bond acceptors (Lipinski definition) is 6. The van der Waals surface area contributed by atoms with Gasteiger partial charge in [0.15, 0.2) is 0 Å². The Morgan fingerprint density at radius 2 is 2.26 bits per heavy atom. The van der Waals surface area contributed by atoms with Crippen LogP contribution >= 0.6 is 0 Å². The molecule has 0 radical (unpaired) electrons. The number of nitrogens with two attached hydrogens (primary N) is 1. The molecule has 0 fully saturated rings. The van der Waals surface area contributed by atoms with Crippen molar-refractivity contribution in [3.8, 4) is 0 Å². The highest BCUT2D eigenvalue weighted by atomic mass is 16.3. The average molecular weight is 265 g/mol. The molecule has 0 unspecified atom stereocenters. The van der Waals surface area contributed by atoms with Gasteiger partial charge in [-0.2, -0.15) is 5.10 Å². The Kier molecular flexibility index (Phi) is 4.08. The van der Waals surface area contributed by atoms with Gasteiger partial charge in [-0.25, -0.2) is 4.68 Å². The second kappa shape index (κ2) is 5.96. The molecule has 0 aliphatic carbocycles. The molecule has 0 bridgehead atoms. The lowest BCUT2D eigenvalue weighted by Gasteiger charge is -1.99. The standard InChI is InChI=1S/C10H15N7O2/c11-10(19)7-17-5-8(4-13-17)12-3-9-6-16(1-2-18)15-14-9/h4-6,12,18H,1-3,7H2,(H2,11,19). The van der Waals surface area contributed by atoms with Crippen molar-refractivity contribution in [1.29, 1.82) is 0 Å². The second-order valence-electron chi connectivity index (χ2n) is 3.94. The largest absolute Gasteiger partial charge is 0.394 e. The summed E-state index contributed by atoms with van der Waals surface area (Å²) >= 11 is 0. The van der Waals surface area contributed by atoms with Crippen LogP contribution in [0.25, 0.3) is 0 Å². The fourth-order valence-electron chi connectivity index (χ4n) is 1.52. The smallest absolute Gasteiger partial charge is 0.239 e. The van der Waals surface area contributed by atoms with Gasteiger partial charge in [0.05, 0.1) is 37.8 Å². The fraction of sp³-hybridized carbons (Fsp3) is 0.400. The average Bonchev–Trinajstić information content (AvgIpc) is 2.96. The number of aliphatic hydroxyl groups excluding tert-OH is 1. The zero-order valence-corrected chi connectivity index (χ0v) is 10.2. The summed E-state index contributed by atoms with van der Waals surface area (Å²) in [5.74, 6) is -0.443. The van der Waals surface area contributed by atoms with Crippen molar-refractivity contribution in [2.75, 3.05) is 11.9 Å². The molecule has 0 saturated heterocycles. The molecular formula is C10H15N7O2. The third-order valence-electron chi connectivity index (χ3n) is 2.34. The van der Waals surface area contributed by atoms with Gasteiger partial charge in [0.25, 0.3) is 0 Å².